The Hall–Kier alpha value is -3.38. The fraction of sp³-hybridized carbons (Fsp3) is 0.259. The summed E-state index contributed by atoms with van der Waals surface area (Å²) in [5.41, 5.74) is 5.62. The molecule has 1 fully saturated rings. The molecule has 4 nitrogen and oxygen atoms in total. The number of piperazine rings is 1. The number of aryl methyl sites for hydroxylation is 1. The van der Waals surface area contributed by atoms with Gasteiger partial charge in [-0.25, -0.2) is 8.78 Å². The van der Waals surface area contributed by atoms with Crippen molar-refractivity contribution in [1.82, 2.24) is 9.88 Å². The summed E-state index contributed by atoms with van der Waals surface area (Å²) in [6, 6.07) is 17.8. The second kappa shape index (κ2) is 8.87. The molecular formula is C27H28F2N4. The number of nitrogens with one attached hydrogen (secondary N) is 2. The van der Waals surface area contributed by atoms with Crippen LogP contribution in [-0.2, 0) is 0 Å². The Labute approximate surface area is 192 Å². The number of anilines is 3. The van der Waals surface area contributed by atoms with Crippen LogP contribution in [0.25, 0.3) is 22.0 Å². The first kappa shape index (κ1) is 21.5. The third-order valence-corrected chi connectivity index (χ3v) is 6.47. The number of likely N-dealkylation sites (N-methyl/N-ethyl adjacent to an activating group) is 1. The predicted octanol–water partition coefficient (Wildman–Crippen LogP) is 6.31. The second-order valence-electron chi connectivity index (χ2n) is 8.66. The topological polar surface area (TPSA) is 34.3 Å². The summed E-state index contributed by atoms with van der Waals surface area (Å²) < 4.78 is 27.6. The Balaban J connectivity index is 1.39. The predicted molar refractivity (Wildman–Crippen MR) is 132 cm³/mol. The average molecular weight is 447 g/mol. The smallest absolute Gasteiger partial charge is 0.126 e. The molecule has 0 amide bonds. The zero-order chi connectivity index (χ0) is 22.9. The lowest BCUT2D eigenvalue weighted by Gasteiger charge is -2.36. The van der Waals surface area contributed by atoms with Gasteiger partial charge in [0.1, 0.15) is 17.5 Å². The minimum absolute atomic E-state index is 0.509. The number of hydrogen-bond acceptors (Lipinski definition) is 3. The second-order valence-corrected chi connectivity index (χ2v) is 8.66. The van der Waals surface area contributed by atoms with Gasteiger partial charge in [-0.05, 0) is 61.0 Å². The molecule has 170 valence electrons. The van der Waals surface area contributed by atoms with E-state index < -0.39 is 11.6 Å². The van der Waals surface area contributed by atoms with Crippen LogP contribution in [0.5, 0.6) is 0 Å². The van der Waals surface area contributed by atoms with Gasteiger partial charge < -0.3 is 20.1 Å². The normalized spacial score (nSPS) is 14.7. The van der Waals surface area contributed by atoms with Crippen molar-refractivity contribution in [2.24, 2.45) is 0 Å². The maximum Gasteiger partial charge on any atom is 0.126 e. The lowest BCUT2D eigenvalue weighted by Crippen LogP contribution is -2.46. The van der Waals surface area contributed by atoms with E-state index in [0.717, 1.165) is 66.8 Å². The van der Waals surface area contributed by atoms with Crippen LogP contribution in [0.15, 0.2) is 60.7 Å². The number of H-pyrrole nitrogens is 1. The molecule has 1 aliphatic heterocycles. The van der Waals surface area contributed by atoms with Crippen molar-refractivity contribution in [2.75, 3.05) is 42.9 Å². The third kappa shape index (κ3) is 4.44. The standard InChI is InChI=1S/C27H28F2N4/c1-3-32-9-11-33(12-10-32)25-8-7-23(13-18(25)2)30-26-16-19-5-4-6-24(27(19)31-26)20-14-21(28)17-22(29)15-20/h4-8,13-17,30-31H,3,9-12H2,1-2H3. The summed E-state index contributed by atoms with van der Waals surface area (Å²) >= 11 is 0. The van der Waals surface area contributed by atoms with Gasteiger partial charge in [-0.3, -0.25) is 0 Å². The first-order valence-electron chi connectivity index (χ1n) is 11.4. The number of rotatable bonds is 5. The molecule has 4 aromatic rings. The van der Waals surface area contributed by atoms with E-state index in [-0.39, 0.29) is 0 Å². The van der Waals surface area contributed by atoms with Gasteiger partial charge in [-0.2, -0.15) is 0 Å². The van der Waals surface area contributed by atoms with Crippen molar-refractivity contribution in [3.63, 3.8) is 0 Å². The largest absolute Gasteiger partial charge is 0.369 e. The van der Waals surface area contributed by atoms with E-state index in [4.69, 9.17) is 0 Å². The maximum atomic E-state index is 13.8. The van der Waals surface area contributed by atoms with Gasteiger partial charge in [-0.1, -0.05) is 25.1 Å². The molecular weight excluding hydrogens is 418 g/mol. The number of halogens is 2. The van der Waals surface area contributed by atoms with Gasteiger partial charge in [0.15, 0.2) is 0 Å². The van der Waals surface area contributed by atoms with Crippen molar-refractivity contribution in [2.45, 2.75) is 13.8 Å². The Morgan fingerprint density at radius 2 is 1.67 bits per heavy atom. The molecule has 1 saturated heterocycles. The van der Waals surface area contributed by atoms with Crippen LogP contribution in [0.3, 0.4) is 0 Å². The molecule has 1 aromatic heterocycles. The van der Waals surface area contributed by atoms with Gasteiger partial charge in [0.2, 0.25) is 0 Å². The molecule has 5 rings (SSSR count). The Morgan fingerprint density at radius 1 is 0.909 bits per heavy atom. The summed E-state index contributed by atoms with van der Waals surface area (Å²) in [7, 11) is 0. The highest BCUT2D eigenvalue weighted by molar-refractivity contribution is 5.96. The van der Waals surface area contributed by atoms with Gasteiger partial charge >= 0.3 is 0 Å². The van der Waals surface area contributed by atoms with Crippen LogP contribution in [0, 0.1) is 18.6 Å². The number of benzene rings is 3. The van der Waals surface area contributed by atoms with Crippen LogP contribution >= 0.6 is 0 Å². The molecule has 0 bridgehead atoms. The fourth-order valence-corrected chi connectivity index (χ4v) is 4.72. The number of aromatic amines is 1. The molecule has 2 N–H and O–H groups in total. The van der Waals surface area contributed by atoms with Crippen LogP contribution < -0.4 is 10.2 Å². The van der Waals surface area contributed by atoms with E-state index in [9.17, 15) is 8.78 Å². The lowest BCUT2D eigenvalue weighted by molar-refractivity contribution is 0.271. The highest BCUT2D eigenvalue weighted by atomic mass is 19.1. The maximum absolute atomic E-state index is 13.8. The van der Waals surface area contributed by atoms with Gasteiger partial charge in [0, 0.05) is 54.6 Å². The van der Waals surface area contributed by atoms with E-state index in [1.807, 2.05) is 24.3 Å². The van der Waals surface area contributed by atoms with E-state index in [1.54, 1.807) is 0 Å². The molecule has 0 saturated carbocycles. The average Bonchev–Trinajstić information content (AvgIpc) is 3.21. The fourth-order valence-electron chi connectivity index (χ4n) is 4.72. The van der Waals surface area contributed by atoms with Gasteiger partial charge in [0.05, 0.1) is 5.52 Å². The van der Waals surface area contributed by atoms with Crippen molar-refractivity contribution >= 4 is 28.1 Å². The summed E-state index contributed by atoms with van der Waals surface area (Å²) in [6.07, 6.45) is 0. The summed E-state index contributed by atoms with van der Waals surface area (Å²) in [5, 5.41) is 4.43. The molecule has 0 atom stereocenters. The van der Waals surface area contributed by atoms with Crippen LogP contribution in [0.4, 0.5) is 26.0 Å². The van der Waals surface area contributed by atoms with Crippen molar-refractivity contribution in [1.29, 1.82) is 0 Å². The first-order chi connectivity index (χ1) is 16.0. The first-order valence-corrected chi connectivity index (χ1v) is 11.4. The Kier molecular flexibility index (Phi) is 5.77. The molecule has 1 aliphatic rings. The van der Waals surface area contributed by atoms with E-state index in [2.05, 4.69) is 52.1 Å². The van der Waals surface area contributed by atoms with Crippen molar-refractivity contribution in [3.05, 3.63) is 77.9 Å². The molecule has 0 aliphatic carbocycles. The molecule has 6 heteroatoms. The SMILES string of the molecule is CCN1CCN(c2ccc(Nc3cc4cccc(-c5cc(F)cc(F)c5)c4[nH]3)cc2C)CC1. The van der Waals surface area contributed by atoms with Crippen LogP contribution in [-0.4, -0.2) is 42.6 Å². The molecule has 33 heavy (non-hydrogen) atoms. The highest BCUT2D eigenvalue weighted by Gasteiger charge is 2.17. The van der Waals surface area contributed by atoms with Crippen LogP contribution in [0.1, 0.15) is 12.5 Å². The monoisotopic (exact) mass is 446 g/mol. The quantitative estimate of drug-likeness (QED) is 0.377. The summed E-state index contributed by atoms with van der Waals surface area (Å²) in [5.74, 6) is -0.338. The summed E-state index contributed by atoms with van der Waals surface area (Å²) in [6.45, 7) is 9.76. The van der Waals surface area contributed by atoms with Gasteiger partial charge in [-0.15, -0.1) is 0 Å². The van der Waals surface area contributed by atoms with Crippen molar-refractivity contribution in [3.8, 4) is 11.1 Å². The molecule has 0 radical (unpaired) electrons. The van der Waals surface area contributed by atoms with Gasteiger partial charge in [0.25, 0.3) is 0 Å². The lowest BCUT2D eigenvalue weighted by atomic mass is 10.0. The molecule has 2 heterocycles. The molecule has 3 aromatic carbocycles. The number of hydrogen-bond donors (Lipinski definition) is 2. The number of nitrogens with zero attached hydrogens (tertiary/aromatic N) is 2. The third-order valence-electron chi connectivity index (χ3n) is 6.47. The van der Waals surface area contributed by atoms with Crippen LogP contribution in [0.2, 0.25) is 0 Å². The minimum atomic E-state index is -0.585. The Bertz CT molecular complexity index is 1270. The van der Waals surface area contributed by atoms with Crippen molar-refractivity contribution < 1.29 is 8.78 Å². The minimum Gasteiger partial charge on any atom is -0.369 e. The Morgan fingerprint density at radius 3 is 2.36 bits per heavy atom. The number of para-hydroxylation sites is 1. The molecule has 0 unspecified atom stereocenters. The highest BCUT2D eigenvalue weighted by Crippen LogP contribution is 2.32. The number of fused-ring (bicyclic) bond motifs is 1. The molecule has 0 spiro atoms. The van der Waals surface area contributed by atoms with E-state index in [1.165, 1.54) is 23.4 Å². The van der Waals surface area contributed by atoms with E-state index >= 15 is 0 Å². The number of aromatic nitrogens is 1. The summed E-state index contributed by atoms with van der Waals surface area (Å²) in [4.78, 5) is 8.32. The zero-order valence-corrected chi connectivity index (χ0v) is 19.0. The van der Waals surface area contributed by atoms with E-state index in [0.29, 0.717) is 5.56 Å². The zero-order valence-electron chi connectivity index (χ0n) is 19.0.